The van der Waals surface area contributed by atoms with Crippen molar-refractivity contribution in [3.05, 3.63) is 66.0 Å². The van der Waals surface area contributed by atoms with Gasteiger partial charge in [0.15, 0.2) is 0 Å². The van der Waals surface area contributed by atoms with E-state index in [0.29, 0.717) is 5.75 Å². The van der Waals surface area contributed by atoms with Gasteiger partial charge in [0.1, 0.15) is 17.7 Å². The Labute approximate surface area is 130 Å². The van der Waals surface area contributed by atoms with E-state index in [2.05, 4.69) is 4.72 Å². The summed E-state index contributed by atoms with van der Waals surface area (Å²) in [6.45, 7) is 1.88. The van der Waals surface area contributed by atoms with Gasteiger partial charge in [-0.3, -0.25) is 0 Å². The minimum atomic E-state index is -3.61. The van der Waals surface area contributed by atoms with Gasteiger partial charge < -0.3 is 4.74 Å². The number of halogens is 1. The lowest BCUT2D eigenvalue weighted by Gasteiger charge is -2.15. The quantitative estimate of drug-likeness (QED) is 0.852. The molecule has 118 valence electrons. The van der Waals surface area contributed by atoms with Crippen molar-refractivity contribution >= 4 is 10.0 Å². The first-order chi connectivity index (χ1) is 10.5. The van der Waals surface area contributed by atoms with Crippen LogP contribution in [0.25, 0.3) is 0 Å². The van der Waals surface area contributed by atoms with Crippen LogP contribution in [-0.4, -0.2) is 21.1 Å². The van der Waals surface area contributed by atoms with Crippen molar-refractivity contribution < 1.29 is 17.5 Å². The molecule has 4 nitrogen and oxygen atoms in total. The van der Waals surface area contributed by atoms with Gasteiger partial charge in [-0.05, 0) is 25.1 Å². The summed E-state index contributed by atoms with van der Waals surface area (Å²) >= 11 is 0. The Morgan fingerprint density at radius 2 is 1.73 bits per heavy atom. The summed E-state index contributed by atoms with van der Waals surface area (Å²) in [6, 6.07) is 15.0. The minimum absolute atomic E-state index is 0.117. The van der Waals surface area contributed by atoms with Gasteiger partial charge in [0, 0.05) is 12.1 Å². The molecule has 0 bridgehead atoms. The molecule has 2 rings (SSSR count). The number of sulfonamides is 1. The molecule has 2 aromatic rings. The second-order valence-corrected chi connectivity index (χ2v) is 6.75. The number of hydrogen-bond donors (Lipinski definition) is 1. The zero-order valence-electron chi connectivity index (χ0n) is 12.2. The van der Waals surface area contributed by atoms with Gasteiger partial charge in [-0.25, -0.2) is 17.5 Å². The van der Waals surface area contributed by atoms with Gasteiger partial charge in [-0.15, -0.1) is 0 Å². The summed E-state index contributed by atoms with van der Waals surface area (Å²) in [5, 5.41) is 0. The van der Waals surface area contributed by atoms with E-state index in [9.17, 15) is 12.8 Å². The fourth-order valence-corrected chi connectivity index (χ4v) is 3.12. The minimum Gasteiger partial charge on any atom is -0.489 e. The lowest BCUT2D eigenvalue weighted by atomic mass is 10.2. The maximum Gasteiger partial charge on any atom is 0.216 e. The van der Waals surface area contributed by atoms with Crippen LogP contribution < -0.4 is 9.46 Å². The fraction of sp³-hybridized carbons (Fsp3) is 0.250. The van der Waals surface area contributed by atoms with Gasteiger partial charge >= 0.3 is 0 Å². The Hall–Kier alpha value is -1.92. The van der Waals surface area contributed by atoms with E-state index in [1.807, 2.05) is 18.2 Å². The van der Waals surface area contributed by atoms with Gasteiger partial charge in [0.25, 0.3) is 0 Å². The van der Waals surface area contributed by atoms with Crippen LogP contribution in [0.3, 0.4) is 0 Å². The monoisotopic (exact) mass is 323 g/mol. The van der Waals surface area contributed by atoms with Crippen molar-refractivity contribution in [2.24, 2.45) is 0 Å². The van der Waals surface area contributed by atoms with Crippen LogP contribution in [0.5, 0.6) is 5.75 Å². The SMILES string of the molecule is CC(CNS(=O)(=O)Cc1ccccc1F)Oc1ccccc1. The number of para-hydroxylation sites is 1. The third-order valence-corrected chi connectivity index (χ3v) is 4.27. The molecule has 0 saturated heterocycles. The summed E-state index contributed by atoms with van der Waals surface area (Å²) < 4.78 is 45.5. The van der Waals surface area contributed by atoms with Gasteiger partial charge in [0.2, 0.25) is 10.0 Å². The van der Waals surface area contributed by atoms with Crippen LogP contribution in [-0.2, 0) is 15.8 Å². The lowest BCUT2D eigenvalue weighted by Crippen LogP contribution is -2.34. The van der Waals surface area contributed by atoms with Gasteiger partial charge in [-0.2, -0.15) is 0 Å². The predicted molar refractivity (Wildman–Crippen MR) is 83.6 cm³/mol. The number of ether oxygens (including phenoxy) is 1. The molecule has 2 aromatic carbocycles. The number of benzene rings is 2. The third-order valence-electron chi connectivity index (χ3n) is 2.97. The largest absolute Gasteiger partial charge is 0.489 e. The summed E-state index contributed by atoms with van der Waals surface area (Å²) in [5.41, 5.74) is 0.145. The average molecular weight is 323 g/mol. The van der Waals surface area contributed by atoms with Crippen LogP contribution in [0, 0.1) is 5.82 Å². The Kier molecular flexibility index (Phi) is 5.51. The van der Waals surface area contributed by atoms with Crippen molar-refractivity contribution in [1.82, 2.24) is 4.72 Å². The van der Waals surface area contributed by atoms with E-state index < -0.39 is 21.6 Å². The highest BCUT2D eigenvalue weighted by Crippen LogP contribution is 2.12. The zero-order chi connectivity index (χ0) is 16.0. The lowest BCUT2D eigenvalue weighted by molar-refractivity contribution is 0.225. The highest BCUT2D eigenvalue weighted by molar-refractivity contribution is 7.88. The van der Waals surface area contributed by atoms with Crippen LogP contribution in [0.15, 0.2) is 54.6 Å². The van der Waals surface area contributed by atoms with Crippen molar-refractivity contribution in [3.8, 4) is 5.75 Å². The molecule has 0 aliphatic rings. The molecular formula is C16H18FNO3S. The van der Waals surface area contributed by atoms with Crippen molar-refractivity contribution in [1.29, 1.82) is 0 Å². The molecular weight excluding hydrogens is 305 g/mol. The molecule has 0 amide bonds. The molecule has 0 aliphatic heterocycles. The fourth-order valence-electron chi connectivity index (χ4n) is 1.89. The maximum atomic E-state index is 13.5. The third kappa shape index (κ3) is 5.13. The predicted octanol–water partition coefficient (Wildman–Crippen LogP) is 2.71. The van der Waals surface area contributed by atoms with Crippen LogP contribution in [0.2, 0.25) is 0 Å². The molecule has 0 heterocycles. The van der Waals surface area contributed by atoms with E-state index in [1.165, 1.54) is 18.2 Å². The molecule has 6 heteroatoms. The van der Waals surface area contributed by atoms with Crippen molar-refractivity contribution in [2.45, 2.75) is 18.8 Å². The topological polar surface area (TPSA) is 55.4 Å². The Balaban J connectivity index is 1.88. The zero-order valence-corrected chi connectivity index (χ0v) is 13.0. The molecule has 0 radical (unpaired) electrons. The van der Waals surface area contributed by atoms with Gasteiger partial charge in [0.05, 0.1) is 5.75 Å². The number of hydrogen-bond acceptors (Lipinski definition) is 3. The van der Waals surface area contributed by atoms with Crippen LogP contribution >= 0.6 is 0 Å². The first-order valence-electron chi connectivity index (χ1n) is 6.89. The van der Waals surface area contributed by atoms with E-state index in [4.69, 9.17) is 4.74 Å². The molecule has 1 unspecified atom stereocenters. The molecule has 0 aromatic heterocycles. The Morgan fingerprint density at radius 1 is 1.09 bits per heavy atom. The molecule has 0 spiro atoms. The first-order valence-corrected chi connectivity index (χ1v) is 8.54. The second kappa shape index (κ2) is 7.38. The summed E-state index contributed by atoms with van der Waals surface area (Å²) in [4.78, 5) is 0. The molecule has 1 N–H and O–H groups in total. The maximum absolute atomic E-state index is 13.5. The number of nitrogens with one attached hydrogen (secondary N) is 1. The van der Waals surface area contributed by atoms with E-state index in [1.54, 1.807) is 25.1 Å². The van der Waals surface area contributed by atoms with Crippen molar-refractivity contribution in [2.75, 3.05) is 6.54 Å². The standard InChI is InChI=1S/C16H18FNO3S/c1-13(21-15-8-3-2-4-9-15)11-18-22(19,20)12-14-7-5-6-10-16(14)17/h2-10,13,18H,11-12H2,1H3. The summed E-state index contributed by atoms with van der Waals surface area (Å²) in [7, 11) is -3.61. The normalized spacial score (nSPS) is 12.8. The molecule has 0 saturated carbocycles. The highest BCUT2D eigenvalue weighted by Gasteiger charge is 2.16. The van der Waals surface area contributed by atoms with E-state index in [0.717, 1.165) is 0 Å². The Bertz CT molecular complexity index is 704. The average Bonchev–Trinajstić information content (AvgIpc) is 2.49. The smallest absolute Gasteiger partial charge is 0.216 e. The van der Waals surface area contributed by atoms with Crippen LogP contribution in [0.1, 0.15) is 12.5 Å². The molecule has 0 aliphatic carbocycles. The van der Waals surface area contributed by atoms with Crippen LogP contribution in [0.4, 0.5) is 4.39 Å². The molecule has 1 atom stereocenters. The second-order valence-electron chi connectivity index (χ2n) is 4.94. The van der Waals surface area contributed by atoms with Gasteiger partial charge in [-0.1, -0.05) is 36.4 Å². The summed E-state index contributed by atoms with van der Waals surface area (Å²) in [6.07, 6.45) is -0.335. The highest BCUT2D eigenvalue weighted by atomic mass is 32.2. The first kappa shape index (κ1) is 16.5. The summed E-state index contributed by atoms with van der Waals surface area (Å²) in [5.74, 6) is -0.248. The Morgan fingerprint density at radius 3 is 2.41 bits per heavy atom. The molecule has 22 heavy (non-hydrogen) atoms. The molecule has 0 fully saturated rings. The van der Waals surface area contributed by atoms with E-state index >= 15 is 0 Å². The van der Waals surface area contributed by atoms with E-state index in [-0.39, 0.29) is 18.2 Å². The number of rotatable bonds is 7. The van der Waals surface area contributed by atoms with Crippen molar-refractivity contribution in [3.63, 3.8) is 0 Å².